The lowest BCUT2D eigenvalue weighted by Gasteiger charge is -2.12. The molecule has 1 amide bonds. The topological polar surface area (TPSA) is 66.9 Å². The van der Waals surface area contributed by atoms with Gasteiger partial charge in [-0.25, -0.2) is 23.1 Å². The zero-order valence-corrected chi connectivity index (χ0v) is 15.2. The summed E-state index contributed by atoms with van der Waals surface area (Å²) in [5.41, 5.74) is 1.36. The monoisotopic (exact) mass is 386 g/mol. The molecule has 28 heavy (non-hydrogen) atoms. The van der Waals surface area contributed by atoms with Crippen LogP contribution in [-0.4, -0.2) is 15.9 Å². The number of aryl methyl sites for hydroxylation is 2. The highest BCUT2D eigenvalue weighted by Crippen LogP contribution is 2.23. The van der Waals surface area contributed by atoms with Crippen molar-refractivity contribution in [1.29, 1.82) is 0 Å². The summed E-state index contributed by atoms with van der Waals surface area (Å²) in [4.78, 5) is 20.7. The zero-order valence-electron chi connectivity index (χ0n) is 15.2. The molecule has 2 N–H and O–H groups in total. The number of carbonyl (C=O) groups is 1. The van der Waals surface area contributed by atoms with Gasteiger partial charge < -0.3 is 10.6 Å². The van der Waals surface area contributed by atoms with Crippen LogP contribution in [-0.2, 0) is 6.42 Å². The molecule has 3 rings (SSSR count). The number of nitrogens with one attached hydrogen (secondary N) is 2. The summed E-state index contributed by atoms with van der Waals surface area (Å²) in [6.45, 7) is 3.53. The number of anilines is 3. The zero-order chi connectivity index (χ0) is 20.3. The van der Waals surface area contributed by atoms with Gasteiger partial charge in [-0.05, 0) is 37.1 Å². The fourth-order valence-electron chi connectivity index (χ4n) is 2.65. The molecule has 0 fully saturated rings. The molecular weight excluding hydrogens is 369 g/mol. The number of carbonyl (C=O) groups excluding carboxylic acids is 1. The average Bonchev–Trinajstić information content (AvgIpc) is 2.68. The minimum absolute atomic E-state index is 0.0453. The maximum Gasteiger partial charge on any atom is 0.274 e. The maximum atomic E-state index is 13.9. The normalized spacial score (nSPS) is 10.6. The van der Waals surface area contributed by atoms with Crippen LogP contribution in [0.4, 0.5) is 30.4 Å². The molecule has 0 saturated carbocycles. The first-order valence-corrected chi connectivity index (χ1v) is 8.54. The molecular formula is C20H17F3N4O. The number of benzene rings is 2. The Balaban J connectivity index is 1.87. The number of amides is 1. The SMILES string of the molecule is CCc1ccccc1NC(=O)c1cc(Nc2ccc(F)c(F)c2F)nc(C)n1. The van der Waals surface area contributed by atoms with Gasteiger partial charge in [-0.15, -0.1) is 0 Å². The Morgan fingerprint density at radius 3 is 2.50 bits per heavy atom. The van der Waals surface area contributed by atoms with Crippen molar-refractivity contribution in [3.8, 4) is 0 Å². The predicted molar refractivity (Wildman–Crippen MR) is 100 cm³/mol. The van der Waals surface area contributed by atoms with Crippen molar-refractivity contribution in [2.45, 2.75) is 20.3 Å². The second-order valence-corrected chi connectivity index (χ2v) is 6.00. The van der Waals surface area contributed by atoms with E-state index in [9.17, 15) is 18.0 Å². The van der Waals surface area contributed by atoms with Crippen molar-refractivity contribution < 1.29 is 18.0 Å². The molecule has 8 heteroatoms. The Morgan fingerprint density at radius 1 is 1.00 bits per heavy atom. The van der Waals surface area contributed by atoms with Gasteiger partial charge >= 0.3 is 0 Å². The number of aromatic nitrogens is 2. The highest BCUT2D eigenvalue weighted by molar-refractivity contribution is 6.03. The molecule has 5 nitrogen and oxygen atoms in total. The summed E-state index contributed by atoms with van der Waals surface area (Å²) >= 11 is 0. The lowest BCUT2D eigenvalue weighted by molar-refractivity contribution is 0.102. The van der Waals surface area contributed by atoms with Gasteiger partial charge in [-0.2, -0.15) is 0 Å². The molecule has 0 spiro atoms. The van der Waals surface area contributed by atoms with E-state index in [2.05, 4.69) is 20.6 Å². The van der Waals surface area contributed by atoms with Gasteiger partial charge in [0.05, 0.1) is 5.69 Å². The lowest BCUT2D eigenvalue weighted by atomic mass is 10.1. The Kier molecular flexibility index (Phi) is 5.58. The van der Waals surface area contributed by atoms with Crippen LogP contribution < -0.4 is 10.6 Å². The van der Waals surface area contributed by atoms with E-state index in [0.29, 0.717) is 5.69 Å². The van der Waals surface area contributed by atoms with Crippen LogP contribution in [0.15, 0.2) is 42.5 Å². The smallest absolute Gasteiger partial charge is 0.274 e. The highest BCUT2D eigenvalue weighted by atomic mass is 19.2. The molecule has 144 valence electrons. The van der Waals surface area contributed by atoms with Crippen LogP contribution in [0, 0.1) is 24.4 Å². The van der Waals surface area contributed by atoms with Crippen LogP contribution in [0.2, 0.25) is 0 Å². The van der Waals surface area contributed by atoms with Gasteiger partial charge in [0.15, 0.2) is 17.5 Å². The van der Waals surface area contributed by atoms with Crippen molar-refractivity contribution in [1.82, 2.24) is 9.97 Å². The molecule has 2 aromatic carbocycles. The molecule has 0 aliphatic rings. The molecule has 1 heterocycles. The van der Waals surface area contributed by atoms with Crippen molar-refractivity contribution in [3.05, 3.63) is 77.0 Å². The molecule has 0 aliphatic heterocycles. The number of halogens is 3. The summed E-state index contributed by atoms with van der Waals surface area (Å²) in [6, 6.07) is 10.5. The quantitative estimate of drug-likeness (QED) is 0.621. The van der Waals surface area contributed by atoms with Crippen molar-refractivity contribution in [3.63, 3.8) is 0 Å². The van der Waals surface area contributed by atoms with Crippen LogP contribution in [0.5, 0.6) is 0 Å². The Hall–Kier alpha value is -3.42. The van der Waals surface area contributed by atoms with E-state index in [1.54, 1.807) is 19.1 Å². The fourth-order valence-corrected chi connectivity index (χ4v) is 2.65. The Bertz CT molecular complexity index is 1040. The second kappa shape index (κ2) is 8.08. The van der Waals surface area contributed by atoms with Crippen LogP contribution >= 0.6 is 0 Å². The molecule has 0 radical (unpaired) electrons. The van der Waals surface area contributed by atoms with Gasteiger partial charge in [-0.1, -0.05) is 25.1 Å². The fraction of sp³-hybridized carbons (Fsp3) is 0.150. The van der Waals surface area contributed by atoms with Crippen LogP contribution in [0.1, 0.15) is 28.8 Å². The largest absolute Gasteiger partial charge is 0.338 e. The summed E-state index contributed by atoms with van der Waals surface area (Å²) in [6.07, 6.45) is 0.738. The van der Waals surface area contributed by atoms with Gasteiger partial charge in [0.2, 0.25) is 0 Å². The summed E-state index contributed by atoms with van der Waals surface area (Å²) < 4.78 is 40.4. The van der Waals surface area contributed by atoms with Gasteiger partial charge in [0, 0.05) is 11.8 Å². The van der Waals surface area contributed by atoms with E-state index in [1.807, 2.05) is 19.1 Å². The third kappa shape index (κ3) is 4.11. The van der Waals surface area contributed by atoms with Crippen molar-refractivity contribution >= 4 is 23.1 Å². The summed E-state index contributed by atoms with van der Waals surface area (Å²) in [5, 5.41) is 5.33. The van der Waals surface area contributed by atoms with Crippen LogP contribution in [0.3, 0.4) is 0 Å². The number of rotatable bonds is 5. The van der Waals surface area contributed by atoms with E-state index in [-0.39, 0.29) is 23.0 Å². The number of hydrogen-bond donors (Lipinski definition) is 2. The first-order valence-electron chi connectivity index (χ1n) is 8.54. The average molecular weight is 386 g/mol. The van der Waals surface area contributed by atoms with E-state index >= 15 is 0 Å². The maximum absolute atomic E-state index is 13.9. The molecule has 0 bridgehead atoms. The molecule has 0 saturated heterocycles. The standard InChI is InChI=1S/C20H17F3N4O/c1-3-12-6-4-5-7-14(12)27-20(28)16-10-17(25-11(2)24-16)26-15-9-8-13(21)18(22)19(15)23/h4-10H,3H2,1-2H3,(H,27,28)(H,24,25,26). The minimum Gasteiger partial charge on any atom is -0.338 e. The molecule has 1 aromatic heterocycles. The van der Waals surface area contributed by atoms with Crippen LogP contribution in [0.25, 0.3) is 0 Å². The third-order valence-electron chi connectivity index (χ3n) is 4.01. The highest BCUT2D eigenvalue weighted by Gasteiger charge is 2.16. The predicted octanol–water partition coefficient (Wildman–Crippen LogP) is 4.76. The molecule has 0 unspecified atom stereocenters. The molecule has 0 atom stereocenters. The Labute approximate surface area is 159 Å². The molecule has 3 aromatic rings. The number of hydrogen-bond acceptors (Lipinski definition) is 4. The first-order chi connectivity index (χ1) is 13.4. The summed E-state index contributed by atoms with van der Waals surface area (Å²) in [7, 11) is 0. The van der Waals surface area contributed by atoms with Gasteiger partial charge in [0.25, 0.3) is 5.91 Å². The minimum atomic E-state index is -1.59. The van der Waals surface area contributed by atoms with Crippen molar-refractivity contribution in [2.75, 3.05) is 10.6 Å². The summed E-state index contributed by atoms with van der Waals surface area (Å²) in [5.74, 6) is -4.41. The van der Waals surface area contributed by atoms with E-state index in [0.717, 1.165) is 24.1 Å². The lowest BCUT2D eigenvalue weighted by Crippen LogP contribution is -2.16. The van der Waals surface area contributed by atoms with E-state index in [1.165, 1.54) is 6.07 Å². The number of nitrogens with zero attached hydrogens (tertiary/aromatic N) is 2. The third-order valence-corrected chi connectivity index (χ3v) is 4.01. The number of para-hydroxylation sites is 1. The van der Waals surface area contributed by atoms with Gasteiger partial charge in [0.1, 0.15) is 17.3 Å². The second-order valence-electron chi connectivity index (χ2n) is 6.00. The van der Waals surface area contributed by atoms with Gasteiger partial charge in [-0.3, -0.25) is 4.79 Å². The molecule has 0 aliphatic carbocycles. The Morgan fingerprint density at radius 2 is 1.75 bits per heavy atom. The van der Waals surface area contributed by atoms with E-state index < -0.39 is 23.4 Å². The van der Waals surface area contributed by atoms with E-state index in [4.69, 9.17) is 0 Å². The first kappa shape index (κ1) is 19.3. The van der Waals surface area contributed by atoms with Crippen molar-refractivity contribution in [2.24, 2.45) is 0 Å².